The standard InChI is InChI=1S/C12H22O5/c1-11(2,16)7-8-12(3,4)17-10(15)6-5-9(13)14/h16H,5-8H2,1-4H3,(H,13,14). The quantitative estimate of drug-likeness (QED) is 0.668. The molecule has 0 bridgehead atoms. The Morgan fingerprint density at radius 3 is 2.00 bits per heavy atom. The summed E-state index contributed by atoms with van der Waals surface area (Å²) in [4.78, 5) is 21.6. The summed E-state index contributed by atoms with van der Waals surface area (Å²) >= 11 is 0. The summed E-state index contributed by atoms with van der Waals surface area (Å²) in [5.41, 5.74) is -1.49. The minimum Gasteiger partial charge on any atom is -0.481 e. The van der Waals surface area contributed by atoms with E-state index in [-0.39, 0.29) is 12.8 Å². The number of hydrogen-bond acceptors (Lipinski definition) is 4. The minimum atomic E-state index is -1.02. The zero-order valence-corrected chi connectivity index (χ0v) is 10.9. The second-order valence-electron chi connectivity index (χ2n) is 5.44. The molecule has 100 valence electrons. The van der Waals surface area contributed by atoms with Crippen LogP contribution in [0.15, 0.2) is 0 Å². The SMILES string of the molecule is CC(C)(O)CCC(C)(C)OC(=O)CCC(=O)O. The van der Waals surface area contributed by atoms with E-state index in [1.807, 2.05) is 0 Å². The highest BCUT2D eigenvalue weighted by Gasteiger charge is 2.26. The summed E-state index contributed by atoms with van der Waals surface area (Å²) in [7, 11) is 0. The fourth-order valence-electron chi connectivity index (χ4n) is 1.23. The van der Waals surface area contributed by atoms with Gasteiger partial charge in [0.05, 0.1) is 18.4 Å². The lowest BCUT2D eigenvalue weighted by Gasteiger charge is -2.28. The van der Waals surface area contributed by atoms with Gasteiger partial charge in [-0.25, -0.2) is 0 Å². The fourth-order valence-corrected chi connectivity index (χ4v) is 1.23. The van der Waals surface area contributed by atoms with Crippen molar-refractivity contribution in [2.75, 3.05) is 0 Å². The Hall–Kier alpha value is -1.10. The molecule has 0 aliphatic carbocycles. The van der Waals surface area contributed by atoms with Crippen molar-refractivity contribution in [2.45, 2.75) is 64.6 Å². The van der Waals surface area contributed by atoms with Gasteiger partial charge < -0.3 is 14.9 Å². The van der Waals surface area contributed by atoms with Crippen LogP contribution in [0.2, 0.25) is 0 Å². The fraction of sp³-hybridized carbons (Fsp3) is 0.833. The van der Waals surface area contributed by atoms with Crippen LogP contribution in [0, 0.1) is 0 Å². The van der Waals surface area contributed by atoms with Crippen LogP contribution in [0.3, 0.4) is 0 Å². The average molecular weight is 246 g/mol. The Morgan fingerprint density at radius 1 is 1.06 bits per heavy atom. The van der Waals surface area contributed by atoms with E-state index in [1.165, 1.54) is 0 Å². The molecule has 0 rings (SSSR count). The van der Waals surface area contributed by atoms with Crippen molar-refractivity contribution in [3.63, 3.8) is 0 Å². The molecular formula is C12H22O5. The number of aliphatic carboxylic acids is 1. The van der Waals surface area contributed by atoms with E-state index >= 15 is 0 Å². The molecule has 0 unspecified atom stereocenters. The molecule has 0 saturated heterocycles. The lowest BCUT2D eigenvalue weighted by atomic mass is 9.94. The highest BCUT2D eigenvalue weighted by molar-refractivity contribution is 5.76. The number of carbonyl (C=O) groups excluding carboxylic acids is 1. The molecule has 0 atom stereocenters. The number of ether oxygens (including phenoxy) is 1. The number of hydrogen-bond donors (Lipinski definition) is 2. The first-order chi connectivity index (χ1) is 7.52. The maximum Gasteiger partial charge on any atom is 0.306 e. The lowest BCUT2D eigenvalue weighted by molar-refractivity contribution is -0.160. The number of carbonyl (C=O) groups is 2. The van der Waals surface area contributed by atoms with Gasteiger partial charge >= 0.3 is 11.9 Å². The molecule has 5 nitrogen and oxygen atoms in total. The summed E-state index contributed by atoms with van der Waals surface area (Å²) in [5, 5.41) is 18.0. The maximum absolute atomic E-state index is 11.3. The number of esters is 1. The van der Waals surface area contributed by atoms with Crippen LogP contribution in [0.1, 0.15) is 53.4 Å². The van der Waals surface area contributed by atoms with E-state index in [0.29, 0.717) is 12.8 Å². The first-order valence-corrected chi connectivity index (χ1v) is 5.68. The predicted molar refractivity (Wildman–Crippen MR) is 62.6 cm³/mol. The largest absolute Gasteiger partial charge is 0.481 e. The molecular weight excluding hydrogens is 224 g/mol. The van der Waals surface area contributed by atoms with Crippen LogP contribution in [-0.4, -0.2) is 33.4 Å². The van der Waals surface area contributed by atoms with Crippen molar-refractivity contribution < 1.29 is 24.5 Å². The third kappa shape index (κ3) is 9.81. The molecule has 0 aliphatic heterocycles. The molecule has 0 aromatic heterocycles. The summed E-state index contributed by atoms with van der Waals surface area (Å²) in [6.07, 6.45) is 0.684. The normalized spacial score (nSPS) is 12.3. The Labute approximate surface area is 102 Å². The number of carboxylic acid groups (broad SMARTS) is 1. The zero-order chi connectivity index (χ0) is 13.7. The summed E-state index contributed by atoms with van der Waals surface area (Å²) < 4.78 is 5.17. The Morgan fingerprint density at radius 2 is 1.59 bits per heavy atom. The third-order valence-electron chi connectivity index (χ3n) is 2.27. The topological polar surface area (TPSA) is 83.8 Å². The molecule has 0 radical (unpaired) electrons. The van der Waals surface area contributed by atoms with Crippen LogP contribution in [0.5, 0.6) is 0 Å². The van der Waals surface area contributed by atoms with Crippen molar-refractivity contribution >= 4 is 11.9 Å². The van der Waals surface area contributed by atoms with Gasteiger partial charge in [0.2, 0.25) is 0 Å². The lowest BCUT2D eigenvalue weighted by Crippen LogP contribution is -2.31. The van der Waals surface area contributed by atoms with Crippen molar-refractivity contribution in [1.29, 1.82) is 0 Å². The van der Waals surface area contributed by atoms with Crippen LogP contribution in [0.25, 0.3) is 0 Å². The monoisotopic (exact) mass is 246 g/mol. The van der Waals surface area contributed by atoms with Crippen LogP contribution >= 0.6 is 0 Å². The molecule has 17 heavy (non-hydrogen) atoms. The van der Waals surface area contributed by atoms with Gasteiger partial charge in [0.1, 0.15) is 5.60 Å². The Bertz CT molecular complexity index is 275. The molecule has 0 aromatic rings. The molecule has 0 fully saturated rings. The highest BCUT2D eigenvalue weighted by atomic mass is 16.6. The Kier molecular flexibility index (Phi) is 5.61. The van der Waals surface area contributed by atoms with Gasteiger partial charge in [-0.05, 0) is 40.5 Å². The number of rotatable bonds is 7. The number of carboxylic acids is 1. The molecule has 0 aliphatic rings. The van der Waals surface area contributed by atoms with Gasteiger partial charge in [0.15, 0.2) is 0 Å². The van der Waals surface area contributed by atoms with Crippen molar-refractivity contribution in [3.05, 3.63) is 0 Å². The molecule has 0 amide bonds. The zero-order valence-electron chi connectivity index (χ0n) is 10.9. The smallest absolute Gasteiger partial charge is 0.306 e. The minimum absolute atomic E-state index is 0.124. The van der Waals surface area contributed by atoms with Crippen LogP contribution in [0.4, 0.5) is 0 Å². The van der Waals surface area contributed by atoms with E-state index in [9.17, 15) is 14.7 Å². The van der Waals surface area contributed by atoms with E-state index in [4.69, 9.17) is 9.84 Å². The van der Waals surface area contributed by atoms with Crippen LogP contribution in [-0.2, 0) is 14.3 Å². The summed E-state index contributed by atoms with van der Waals surface area (Å²) in [6.45, 7) is 6.87. The van der Waals surface area contributed by atoms with Gasteiger partial charge in [-0.2, -0.15) is 0 Å². The van der Waals surface area contributed by atoms with Gasteiger partial charge in [-0.3, -0.25) is 9.59 Å². The number of aliphatic hydroxyl groups is 1. The van der Waals surface area contributed by atoms with Crippen molar-refractivity contribution in [1.82, 2.24) is 0 Å². The molecule has 2 N–H and O–H groups in total. The molecule has 0 spiro atoms. The van der Waals surface area contributed by atoms with E-state index in [2.05, 4.69) is 0 Å². The first-order valence-electron chi connectivity index (χ1n) is 5.68. The average Bonchev–Trinajstić information content (AvgIpc) is 2.10. The second-order valence-corrected chi connectivity index (χ2v) is 5.44. The maximum atomic E-state index is 11.3. The summed E-state index contributed by atoms with van der Waals surface area (Å²) in [5.74, 6) is -1.54. The van der Waals surface area contributed by atoms with Crippen molar-refractivity contribution in [3.8, 4) is 0 Å². The van der Waals surface area contributed by atoms with Gasteiger partial charge in [0, 0.05) is 0 Å². The van der Waals surface area contributed by atoms with E-state index in [1.54, 1.807) is 27.7 Å². The molecule has 0 aromatic carbocycles. The predicted octanol–water partition coefficient (Wildman–Crippen LogP) is 1.72. The summed E-state index contributed by atoms with van der Waals surface area (Å²) in [6, 6.07) is 0. The highest BCUT2D eigenvalue weighted by Crippen LogP contribution is 2.22. The second kappa shape index (κ2) is 6.00. The Balaban J connectivity index is 4.07. The third-order valence-corrected chi connectivity index (χ3v) is 2.27. The molecule has 0 saturated carbocycles. The molecule has 0 heterocycles. The molecule has 5 heteroatoms. The van der Waals surface area contributed by atoms with Gasteiger partial charge in [0.25, 0.3) is 0 Å². The van der Waals surface area contributed by atoms with Gasteiger partial charge in [-0.15, -0.1) is 0 Å². The van der Waals surface area contributed by atoms with Gasteiger partial charge in [-0.1, -0.05) is 0 Å². The van der Waals surface area contributed by atoms with Crippen LogP contribution < -0.4 is 0 Å². The van der Waals surface area contributed by atoms with E-state index < -0.39 is 23.1 Å². The van der Waals surface area contributed by atoms with Crippen molar-refractivity contribution in [2.24, 2.45) is 0 Å². The van der Waals surface area contributed by atoms with E-state index in [0.717, 1.165) is 0 Å². The first kappa shape index (κ1) is 15.9.